The van der Waals surface area contributed by atoms with Gasteiger partial charge in [0.05, 0.1) is 5.76 Å². The lowest BCUT2D eigenvalue weighted by Gasteiger charge is -2.07. The predicted octanol–water partition coefficient (Wildman–Crippen LogP) is 2.45. The van der Waals surface area contributed by atoms with E-state index in [1.54, 1.807) is 0 Å². The third-order valence-corrected chi connectivity index (χ3v) is 0.683. The predicted molar refractivity (Wildman–Crippen MR) is 26.6 cm³/mol. The lowest BCUT2D eigenvalue weighted by Crippen LogP contribution is -2.11. The van der Waals surface area contributed by atoms with Gasteiger partial charge >= 0.3 is 6.36 Å². The summed E-state index contributed by atoms with van der Waals surface area (Å²) in [6.07, 6.45) is -3.30. The fourth-order valence-electron chi connectivity index (χ4n) is 0.241. The van der Waals surface area contributed by atoms with E-state index in [0.29, 0.717) is 0 Å². The molecule has 0 unspecified atom stereocenters. The van der Waals surface area contributed by atoms with Gasteiger partial charge in [-0.25, -0.2) is 0 Å². The van der Waals surface area contributed by atoms with Gasteiger partial charge in [0, 0.05) is 0 Å². The molecule has 1 nitrogen and oxygen atoms in total. The third kappa shape index (κ3) is 5.20. The van der Waals surface area contributed by atoms with E-state index >= 15 is 0 Å². The lowest BCUT2D eigenvalue weighted by atomic mass is 10.5. The molecule has 0 aliphatic carbocycles. The van der Waals surface area contributed by atoms with Crippen molar-refractivity contribution in [3.63, 3.8) is 0 Å². The van der Waals surface area contributed by atoms with Gasteiger partial charge in [-0.1, -0.05) is 0 Å². The van der Waals surface area contributed by atoms with E-state index in [2.05, 4.69) is 4.74 Å². The number of hydrogen-bond acceptors (Lipinski definition) is 1. The normalized spacial score (nSPS) is 13.7. The Labute approximate surface area is 51.1 Å². The Bertz CT molecular complexity index is 114. The Morgan fingerprint density at radius 2 is 1.89 bits per heavy atom. The number of ether oxygens (including phenoxy) is 1. The molecule has 0 N–H and O–H groups in total. The molecule has 0 aliphatic heterocycles. The summed E-state index contributed by atoms with van der Waals surface area (Å²) in [5.41, 5.74) is 0. The SMILES string of the molecule is C/C=C(\C)OC(F)(F)F. The van der Waals surface area contributed by atoms with E-state index in [-0.39, 0.29) is 5.76 Å². The molecular formula is C5H7F3O. The van der Waals surface area contributed by atoms with E-state index in [1.165, 1.54) is 19.9 Å². The molecule has 0 spiro atoms. The molecule has 0 saturated heterocycles. The van der Waals surface area contributed by atoms with Gasteiger partial charge < -0.3 is 4.74 Å². The van der Waals surface area contributed by atoms with Crippen LogP contribution < -0.4 is 0 Å². The first-order valence-corrected chi connectivity index (χ1v) is 2.34. The molecule has 0 aliphatic rings. The van der Waals surface area contributed by atoms with Gasteiger partial charge in [-0.3, -0.25) is 0 Å². The highest BCUT2D eigenvalue weighted by Gasteiger charge is 2.30. The van der Waals surface area contributed by atoms with Gasteiger partial charge in [-0.05, 0) is 19.9 Å². The zero-order valence-electron chi connectivity index (χ0n) is 5.12. The minimum absolute atomic E-state index is 0.137. The van der Waals surface area contributed by atoms with Crippen LogP contribution >= 0.6 is 0 Å². The van der Waals surface area contributed by atoms with Gasteiger partial charge in [0.2, 0.25) is 0 Å². The molecule has 54 valence electrons. The van der Waals surface area contributed by atoms with Gasteiger partial charge in [0.1, 0.15) is 0 Å². The van der Waals surface area contributed by atoms with E-state index in [9.17, 15) is 13.2 Å². The highest BCUT2D eigenvalue weighted by atomic mass is 19.4. The third-order valence-electron chi connectivity index (χ3n) is 0.683. The highest BCUT2D eigenvalue weighted by molar-refractivity contribution is 4.84. The molecule has 0 rings (SSSR count). The fraction of sp³-hybridized carbons (Fsp3) is 0.600. The highest BCUT2D eigenvalue weighted by Crippen LogP contribution is 2.19. The van der Waals surface area contributed by atoms with Crippen molar-refractivity contribution in [2.75, 3.05) is 0 Å². The summed E-state index contributed by atoms with van der Waals surface area (Å²) in [6, 6.07) is 0. The summed E-state index contributed by atoms with van der Waals surface area (Å²) in [4.78, 5) is 0. The quantitative estimate of drug-likeness (QED) is 0.508. The Hall–Kier alpha value is -0.670. The Morgan fingerprint density at radius 3 is 2.00 bits per heavy atom. The molecule has 0 aromatic rings. The van der Waals surface area contributed by atoms with Crippen LogP contribution in [0.15, 0.2) is 11.8 Å². The van der Waals surface area contributed by atoms with Crippen molar-refractivity contribution in [3.8, 4) is 0 Å². The van der Waals surface area contributed by atoms with Crippen molar-refractivity contribution in [1.29, 1.82) is 0 Å². The average molecular weight is 140 g/mol. The first-order chi connectivity index (χ1) is 3.95. The molecule has 0 atom stereocenters. The van der Waals surface area contributed by atoms with E-state index in [4.69, 9.17) is 0 Å². The van der Waals surface area contributed by atoms with Gasteiger partial charge in [-0.2, -0.15) is 0 Å². The lowest BCUT2D eigenvalue weighted by molar-refractivity contribution is -0.305. The first-order valence-electron chi connectivity index (χ1n) is 2.34. The molecule has 0 bridgehead atoms. The maximum atomic E-state index is 11.2. The number of rotatable bonds is 1. The van der Waals surface area contributed by atoms with Crippen LogP contribution in [-0.2, 0) is 4.74 Å². The van der Waals surface area contributed by atoms with Crippen LogP contribution in [0, 0.1) is 0 Å². The summed E-state index contributed by atoms with van der Waals surface area (Å²) in [5, 5.41) is 0. The van der Waals surface area contributed by atoms with Crippen molar-refractivity contribution >= 4 is 0 Å². The van der Waals surface area contributed by atoms with E-state index in [1.807, 2.05) is 0 Å². The summed E-state index contributed by atoms with van der Waals surface area (Å²) in [7, 11) is 0. The standard InChI is InChI=1S/C5H7F3O/c1-3-4(2)9-5(6,7)8/h3H,1-2H3/b4-3+. The van der Waals surface area contributed by atoms with Crippen LogP contribution in [0.2, 0.25) is 0 Å². The topological polar surface area (TPSA) is 9.23 Å². The van der Waals surface area contributed by atoms with Gasteiger partial charge in [0.25, 0.3) is 0 Å². The van der Waals surface area contributed by atoms with Crippen LogP contribution in [-0.4, -0.2) is 6.36 Å². The largest absolute Gasteiger partial charge is 0.572 e. The molecule has 0 aromatic carbocycles. The van der Waals surface area contributed by atoms with Gasteiger partial charge in [-0.15, -0.1) is 13.2 Å². The molecule has 0 fully saturated rings. The number of halogens is 3. The van der Waals surface area contributed by atoms with E-state index in [0.717, 1.165) is 0 Å². The molecule has 0 saturated carbocycles. The minimum Gasteiger partial charge on any atom is -0.411 e. The first kappa shape index (κ1) is 8.33. The fourth-order valence-corrected chi connectivity index (χ4v) is 0.241. The van der Waals surface area contributed by atoms with E-state index < -0.39 is 6.36 Å². The monoisotopic (exact) mass is 140 g/mol. The number of alkyl halides is 3. The number of hydrogen-bond donors (Lipinski definition) is 0. The van der Waals surface area contributed by atoms with Crippen molar-refractivity contribution < 1.29 is 17.9 Å². The molecular weight excluding hydrogens is 133 g/mol. The molecule has 0 radical (unpaired) electrons. The van der Waals surface area contributed by atoms with Crippen molar-refractivity contribution in [3.05, 3.63) is 11.8 Å². The molecule has 4 heteroatoms. The van der Waals surface area contributed by atoms with Crippen LogP contribution in [0.1, 0.15) is 13.8 Å². The molecule has 0 aromatic heterocycles. The maximum absolute atomic E-state index is 11.2. The maximum Gasteiger partial charge on any atom is 0.572 e. The molecule has 0 amide bonds. The second-order valence-electron chi connectivity index (χ2n) is 1.45. The number of allylic oxidation sites excluding steroid dienone is 2. The van der Waals surface area contributed by atoms with Crippen LogP contribution in [0.4, 0.5) is 13.2 Å². The van der Waals surface area contributed by atoms with Crippen LogP contribution in [0.3, 0.4) is 0 Å². The summed E-state index contributed by atoms with van der Waals surface area (Å²) in [5.74, 6) is -0.137. The summed E-state index contributed by atoms with van der Waals surface area (Å²) >= 11 is 0. The Kier molecular flexibility index (Phi) is 2.55. The zero-order chi connectivity index (χ0) is 7.49. The van der Waals surface area contributed by atoms with Crippen LogP contribution in [0.5, 0.6) is 0 Å². The Morgan fingerprint density at radius 1 is 1.44 bits per heavy atom. The second-order valence-corrected chi connectivity index (χ2v) is 1.45. The van der Waals surface area contributed by atoms with Crippen LogP contribution in [0.25, 0.3) is 0 Å². The van der Waals surface area contributed by atoms with Crippen molar-refractivity contribution in [2.45, 2.75) is 20.2 Å². The van der Waals surface area contributed by atoms with Gasteiger partial charge in [0.15, 0.2) is 0 Å². The molecule has 9 heavy (non-hydrogen) atoms. The van der Waals surface area contributed by atoms with Crippen molar-refractivity contribution in [2.24, 2.45) is 0 Å². The summed E-state index contributed by atoms with van der Waals surface area (Å²) in [6.45, 7) is 2.72. The van der Waals surface area contributed by atoms with Crippen molar-refractivity contribution in [1.82, 2.24) is 0 Å². The molecule has 0 heterocycles. The smallest absolute Gasteiger partial charge is 0.411 e. The summed E-state index contributed by atoms with van der Waals surface area (Å²) < 4.78 is 37.1. The Balaban J connectivity index is 3.75. The zero-order valence-corrected chi connectivity index (χ0v) is 5.12. The average Bonchev–Trinajstić information content (AvgIpc) is 1.62. The second kappa shape index (κ2) is 2.75. The minimum atomic E-state index is -4.55.